The molecule has 0 saturated carbocycles. The predicted molar refractivity (Wildman–Crippen MR) is 117 cm³/mol. The second-order valence-electron chi connectivity index (χ2n) is 7.21. The van der Waals surface area contributed by atoms with Crippen LogP contribution in [0, 0.1) is 13.8 Å². The van der Waals surface area contributed by atoms with Gasteiger partial charge < -0.3 is 8.98 Å². The minimum atomic E-state index is -0.325. The van der Waals surface area contributed by atoms with E-state index in [1.807, 2.05) is 31.2 Å². The van der Waals surface area contributed by atoms with Gasteiger partial charge >= 0.3 is 5.63 Å². The van der Waals surface area contributed by atoms with E-state index in [1.54, 1.807) is 17.8 Å². The number of rotatable bonds is 6. The second-order valence-corrected chi connectivity index (χ2v) is 8.15. The van der Waals surface area contributed by atoms with Crippen molar-refractivity contribution < 1.29 is 4.42 Å². The molecule has 0 N–H and O–H groups in total. The largest absolute Gasteiger partial charge is 0.423 e. The Balaban J connectivity index is 1.67. The SMILES string of the molecule is CCCn1c(SCc2cc(=O)oc3cc(C)ccc23)nnc1-c1cccc(C)c1. The molecule has 2 heterocycles. The van der Waals surface area contributed by atoms with Gasteiger partial charge in [-0.3, -0.25) is 0 Å². The highest BCUT2D eigenvalue weighted by Gasteiger charge is 2.15. The molecule has 0 spiro atoms. The van der Waals surface area contributed by atoms with Gasteiger partial charge in [0.2, 0.25) is 0 Å². The van der Waals surface area contributed by atoms with Crippen molar-refractivity contribution in [1.82, 2.24) is 14.8 Å². The fourth-order valence-electron chi connectivity index (χ4n) is 3.42. The zero-order chi connectivity index (χ0) is 20.4. The second kappa shape index (κ2) is 8.25. The standard InChI is InChI=1S/C23H23N3O2S/c1-4-10-26-22(17-7-5-6-15(2)11-17)24-25-23(26)29-14-18-13-21(27)28-20-12-16(3)8-9-19(18)20/h5-9,11-13H,4,10,14H2,1-3H3. The Bertz CT molecular complexity index is 1230. The summed E-state index contributed by atoms with van der Waals surface area (Å²) in [6.45, 7) is 7.05. The molecule has 2 aromatic carbocycles. The van der Waals surface area contributed by atoms with Crippen molar-refractivity contribution in [3.8, 4) is 11.4 Å². The molecule has 0 aliphatic rings. The van der Waals surface area contributed by atoms with Crippen LogP contribution in [0.1, 0.15) is 30.0 Å². The molecule has 0 atom stereocenters. The van der Waals surface area contributed by atoms with Gasteiger partial charge in [0.05, 0.1) is 0 Å². The van der Waals surface area contributed by atoms with Crippen LogP contribution < -0.4 is 5.63 Å². The summed E-state index contributed by atoms with van der Waals surface area (Å²) in [5.41, 5.74) is 4.58. The van der Waals surface area contributed by atoms with E-state index in [1.165, 1.54) is 5.56 Å². The fourth-order valence-corrected chi connectivity index (χ4v) is 4.37. The Morgan fingerprint density at radius 1 is 1.03 bits per heavy atom. The lowest BCUT2D eigenvalue weighted by Gasteiger charge is -2.10. The van der Waals surface area contributed by atoms with Crippen molar-refractivity contribution >= 4 is 22.7 Å². The summed E-state index contributed by atoms with van der Waals surface area (Å²) < 4.78 is 7.54. The summed E-state index contributed by atoms with van der Waals surface area (Å²) in [7, 11) is 0. The zero-order valence-corrected chi connectivity index (χ0v) is 17.6. The zero-order valence-electron chi connectivity index (χ0n) is 16.8. The molecule has 6 heteroatoms. The van der Waals surface area contributed by atoms with Gasteiger partial charge in [-0.15, -0.1) is 10.2 Å². The van der Waals surface area contributed by atoms with E-state index in [0.29, 0.717) is 11.3 Å². The molecule has 0 aliphatic heterocycles. The average molecular weight is 406 g/mol. The number of hydrogen-bond donors (Lipinski definition) is 0. The van der Waals surface area contributed by atoms with Gasteiger partial charge in [-0.05, 0) is 43.5 Å². The maximum atomic E-state index is 12.0. The molecule has 0 saturated heterocycles. The Labute approximate surface area is 173 Å². The molecular formula is C23H23N3O2S. The van der Waals surface area contributed by atoms with Gasteiger partial charge in [0.15, 0.2) is 11.0 Å². The lowest BCUT2D eigenvalue weighted by molar-refractivity contribution is 0.559. The lowest BCUT2D eigenvalue weighted by atomic mass is 10.1. The number of aromatic nitrogens is 3. The highest BCUT2D eigenvalue weighted by Crippen LogP contribution is 2.29. The van der Waals surface area contributed by atoms with Crippen LogP contribution in [-0.2, 0) is 12.3 Å². The van der Waals surface area contributed by atoms with E-state index in [2.05, 4.69) is 46.8 Å². The first-order valence-corrected chi connectivity index (χ1v) is 10.7. The molecule has 0 unspecified atom stereocenters. The topological polar surface area (TPSA) is 60.9 Å². The molecule has 148 valence electrons. The van der Waals surface area contributed by atoms with E-state index in [0.717, 1.165) is 46.0 Å². The number of fused-ring (bicyclic) bond motifs is 1. The number of thioether (sulfide) groups is 1. The van der Waals surface area contributed by atoms with Crippen molar-refractivity contribution in [1.29, 1.82) is 0 Å². The summed E-state index contributed by atoms with van der Waals surface area (Å²) in [6.07, 6.45) is 0.988. The summed E-state index contributed by atoms with van der Waals surface area (Å²) >= 11 is 1.60. The van der Waals surface area contributed by atoms with Crippen LogP contribution in [0.15, 0.2) is 62.9 Å². The van der Waals surface area contributed by atoms with Crippen LogP contribution in [0.3, 0.4) is 0 Å². The van der Waals surface area contributed by atoms with Crippen LogP contribution in [-0.4, -0.2) is 14.8 Å². The van der Waals surface area contributed by atoms with Gasteiger partial charge in [-0.1, -0.05) is 54.6 Å². The van der Waals surface area contributed by atoms with Crippen LogP contribution in [0.2, 0.25) is 0 Å². The van der Waals surface area contributed by atoms with E-state index in [4.69, 9.17) is 4.42 Å². The van der Waals surface area contributed by atoms with Crippen molar-refractivity contribution in [2.24, 2.45) is 0 Å². The Hall–Kier alpha value is -2.86. The van der Waals surface area contributed by atoms with E-state index >= 15 is 0 Å². The first kappa shape index (κ1) is 19.5. The third-order valence-corrected chi connectivity index (χ3v) is 5.80. The highest BCUT2D eigenvalue weighted by molar-refractivity contribution is 7.98. The average Bonchev–Trinajstić information content (AvgIpc) is 3.08. The number of hydrogen-bond acceptors (Lipinski definition) is 5. The van der Waals surface area contributed by atoms with Gasteiger partial charge in [0.25, 0.3) is 0 Å². The molecule has 29 heavy (non-hydrogen) atoms. The van der Waals surface area contributed by atoms with Crippen LogP contribution >= 0.6 is 11.8 Å². The predicted octanol–water partition coefficient (Wildman–Crippen LogP) is 5.37. The van der Waals surface area contributed by atoms with E-state index < -0.39 is 0 Å². The summed E-state index contributed by atoms with van der Waals surface area (Å²) in [6, 6.07) is 15.8. The van der Waals surface area contributed by atoms with E-state index in [-0.39, 0.29) is 5.63 Å². The first-order chi connectivity index (χ1) is 14.0. The molecule has 0 bridgehead atoms. The number of benzene rings is 2. The fraction of sp³-hybridized carbons (Fsp3) is 0.261. The molecule has 5 nitrogen and oxygen atoms in total. The monoisotopic (exact) mass is 405 g/mol. The first-order valence-electron chi connectivity index (χ1n) is 9.71. The maximum absolute atomic E-state index is 12.0. The summed E-state index contributed by atoms with van der Waals surface area (Å²) in [5.74, 6) is 1.51. The maximum Gasteiger partial charge on any atom is 0.336 e. The number of nitrogens with zero attached hydrogens (tertiary/aromatic N) is 3. The van der Waals surface area contributed by atoms with Gasteiger partial charge in [0.1, 0.15) is 5.58 Å². The minimum absolute atomic E-state index is 0.325. The Kier molecular flexibility index (Phi) is 5.53. The van der Waals surface area contributed by atoms with Crippen LogP contribution in [0.4, 0.5) is 0 Å². The number of aryl methyl sites for hydroxylation is 2. The third-order valence-electron chi connectivity index (χ3n) is 4.78. The van der Waals surface area contributed by atoms with Crippen molar-refractivity contribution in [3.63, 3.8) is 0 Å². The molecule has 0 radical (unpaired) electrons. The minimum Gasteiger partial charge on any atom is -0.423 e. The van der Waals surface area contributed by atoms with Crippen molar-refractivity contribution in [3.05, 3.63) is 75.6 Å². The lowest BCUT2D eigenvalue weighted by Crippen LogP contribution is -2.03. The molecule has 0 amide bonds. The highest BCUT2D eigenvalue weighted by atomic mass is 32.2. The molecule has 0 aliphatic carbocycles. The van der Waals surface area contributed by atoms with E-state index in [9.17, 15) is 4.79 Å². The molecular weight excluding hydrogens is 382 g/mol. The Morgan fingerprint density at radius 2 is 1.86 bits per heavy atom. The van der Waals surface area contributed by atoms with Crippen molar-refractivity contribution in [2.75, 3.05) is 0 Å². The summed E-state index contributed by atoms with van der Waals surface area (Å²) in [4.78, 5) is 12.0. The van der Waals surface area contributed by atoms with Crippen molar-refractivity contribution in [2.45, 2.75) is 44.6 Å². The molecule has 2 aromatic heterocycles. The smallest absolute Gasteiger partial charge is 0.336 e. The summed E-state index contributed by atoms with van der Waals surface area (Å²) in [5, 5.41) is 10.7. The molecule has 4 rings (SSSR count). The van der Waals surface area contributed by atoms with Crippen LogP contribution in [0.5, 0.6) is 0 Å². The normalized spacial score (nSPS) is 11.3. The van der Waals surface area contributed by atoms with Gasteiger partial charge in [0, 0.05) is 29.3 Å². The quantitative estimate of drug-likeness (QED) is 0.319. The van der Waals surface area contributed by atoms with Gasteiger partial charge in [-0.2, -0.15) is 0 Å². The Morgan fingerprint density at radius 3 is 2.66 bits per heavy atom. The van der Waals surface area contributed by atoms with Gasteiger partial charge in [-0.25, -0.2) is 4.79 Å². The molecule has 0 fully saturated rings. The third kappa shape index (κ3) is 4.12. The van der Waals surface area contributed by atoms with Crippen LogP contribution in [0.25, 0.3) is 22.4 Å². The molecule has 4 aromatic rings.